The van der Waals surface area contributed by atoms with Gasteiger partial charge in [-0.2, -0.15) is 0 Å². The van der Waals surface area contributed by atoms with E-state index in [0.29, 0.717) is 0 Å². The van der Waals surface area contributed by atoms with Crippen LogP contribution in [-0.4, -0.2) is 0 Å². The van der Waals surface area contributed by atoms with Crippen molar-refractivity contribution in [2.45, 2.75) is 0 Å². The van der Waals surface area contributed by atoms with Crippen LogP contribution in [-0.2, 0) is 36.5 Å². The Morgan fingerprint density at radius 2 is 0.500 bits per heavy atom. The summed E-state index contributed by atoms with van der Waals surface area (Å²) in [6.07, 6.45) is 0. The van der Waals surface area contributed by atoms with E-state index in [0.717, 1.165) is 0 Å². The van der Waals surface area contributed by atoms with Crippen molar-refractivity contribution in [3.63, 3.8) is 0 Å². The summed E-state index contributed by atoms with van der Waals surface area (Å²) in [5, 5.41) is 0. The van der Waals surface area contributed by atoms with Gasteiger partial charge in [-0.25, -0.2) is 0 Å². The topological polar surface area (TPSA) is 0 Å². The zero-order valence-electron chi connectivity index (χ0n) is 2.57. The van der Waals surface area contributed by atoms with Crippen LogP contribution in [0.25, 0.3) is 0 Å². The van der Waals surface area contributed by atoms with E-state index in [1.807, 2.05) is 0 Å². The van der Waals surface area contributed by atoms with E-state index < -0.39 is 0 Å². The Balaban J connectivity index is 0. The minimum atomic E-state index is 0. The summed E-state index contributed by atoms with van der Waals surface area (Å²) in [5.74, 6) is 0. The van der Waals surface area contributed by atoms with Gasteiger partial charge in [-0.3, -0.25) is 0 Å². The molecule has 0 amide bonds. The number of halogens is 4. The fourth-order valence-electron chi connectivity index (χ4n) is 0. The Morgan fingerprint density at radius 1 is 0.500 bits per heavy atom. The van der Waals surface area contributed by atoms with Gasteiger partial charge in [-0.05, 0) is 0 Å². The van der Waals surface area contributed by atoms with Crippen LogP contribution in [0.1, 0.15) is 0 Å². The van der Waals surface area contributed by atoms with Gasteiger partial charge >= 0.3 is 36.5 Å². The number of hydrogen-bond acceptors (Lipinski definition) is 0. The molecule has 0 N–H and O–H groups in total. The molecule has 0 radical (unpaired) electrons. The molecule has 0 aromatic heterocycles. The molecule has 0 nitrogen and oxygen atoms in total. The van der Waals surface area contributed by atoms with Crippen molar-refractivity contribution in [2.75, 3.05) is 0 Å². The monoisotopic (exact) mass is 260 g/mol. The maximum absolute atomic E-state index is 0. The fourth-order valence-corrected chi connectivity index (χ4v) is 0. The largest absolute Gasteiger partial charge is 2.00 e. The molecule has 0 aliphatic carbocycles. The third-order valence-corrected chi connectivity index (χ3v) is 0. The minimum Gasteiger partial charge on any atom is -1.00 e. The first-order valence-electron chi connectivity index (χ1n) is 0. The standard InChI is InChI=1S/4ClH.Fe.Zn/h4*1H;;/q;;;;2*+2/p-4. The summed E-state index contributed by atoms with van der Waals surface area (Å²) in [7, 11) is 0. The molecule has 0 aliphatic rings. The molecule has 38 valence electrons. The van der Waals surface area contributed by atoms with Crippen LogP contribution < -0.4 is 49.6 Å². The summed E-state index contributed by atoms with van der Waals surface area (Å²) in [4.78, 5) is 0. The second kappa shape index (κ2) is 54.7. The minimum absolute atomic E-state index is 0. The van der Waals surface area contributed by atoms with Crippen LogP contribution >= 0.6 is 0 Å². The number of rotatable bonds is 0. The first-order valence-corrected chi connectivity index (χ1v) is 0. The predicted octanol–water partition coefficient (Wildman–Crippen LogP) is -12.0. The van der Waals surface area contributed by atoms with Crippen molar-refractivity contribution in [3.8, 4) is 0 Å². The van der Waals surface area contributed by atoms with Crippen LogP contribution in [0.2, 0.25) is 0 Å². The molecule has 0 heterocycles. The molecule has 0 spiro atoms. The molecule has 0 saturated carbocycles. The Kier molecular flexibility index (Phi) is 761. The molecule has 0 aromatic carbocycles. The first kappa shape index (κ1) is 83.5. The summed E-state index contributed by atoms with van der Waals surface area (Å²) in [6.45, 7) is 0. The molecule has 0 saturated heterocycles. The van der Waals surface area contributed by atoms with Crippen LogP contribution in [0.15, 0.2) is 0 Å². The predicted molar refractivity (Wildman–Crippen MR) is 0 cm³/mol. The zero-order chi connectivity index (χ0) is 0. The second-order valence-electron chi connectivity index (χ2n) is 0. The van der Waals surface area contributed by atoms with E-state index in [9.17, 15) is 0 Å². The van der Waals surface area contributed by atoms with Gasteiger partial charge in [0.1, 0.15) is 0 Å². The normalized spacial score (nSPS) is 0. The Bertz CT molecular complexity index is 7.51. The van der Waals surface area contributed by atoms with Crippen LogP contribution in [0.5, 0.6) is 0 Å². The van der Waals surface area contributed by atoms with E-state index in [1.54, 1.807) is 0 Å². The smallest absolute Gasteiger partial charge is 1.00 e. The van der Waals surface area contributed by atoms with Crippen molar-refractivity contribution in [2.24, 2.45) is 0 Å². The maximum Gasteiger partial charge on any atom is 2.00 e. The van der Waals surface area contributed by atoms with Gasteiger partial charge < -0.3 is 49.6 Å². The van der Waals surface area contributed by atoms with Gasteiger partial charge in [0, 0.05) is 0 Å². The fraction of sp³-hybridized carbons (Fsp3) is 0. The van der Waals surface area contributed by atoms with Crippen molar-refractivity contribution in [3.05, 3.63) is 0 Å². The number of hydrogen-bond donors (Lipinski definition) is 0. The molecular formula is Cl4FeZn. The summed E-state index contributed by atoms with van der Waals surface area (Å²) in [5.41, 5.74) is 0. The third-order valence-electron chi connectivity index (χ3n) is 0. The van der Waals surface area contributed by atoms with Crippen LogP contribution in [0.3, 0.4) is 0 Å². The molecule has 0 bridgehead atoms. The molecule has 0 unspecified atom stereocenters. The molecule has 0 aliphatic heterocycles. The van der Waals surface area contributed by atoms with E-state index in [4.69, 9.17) is 0 Å². The van der Waals surface area contributed by atoms with E-state index in [-0.39, 0.29) is 86.2 Å². The quantitative estimate of drug-likeness (QED) is 0.381. The average molecular weight is 263 g/mol. The Labute approximate surface area is 85.5 Å². The Hall–Kier alpha value is 2.30. The zero-order valence-corrected chi connectivity index (χ0v) is 9.67. The van der Waals surface area contributed by atoms with Gasteiger partial charge in [-0.1, -0.05) is 0 Å². The van der Waals surface area contributed by atoms with Crippen molar-refractivity contribution in [1.82, 2.24) is 0 Å². The molecule has 0 fully saturated rings. The maximum atomic E-state index is 0. The summed E-state index contributed by atoms with van der Waals surface area (Å²) >= 11 is 0. The molecule has 6 heteroatoms. The van der Waals surface area contributed by atoms with Gasteiger partial charge in [0.25, 0.3) is 0 Å². The van der Waals surface area contributed by atoms with Crippen molar-refractivity contribution < 1.29 is 86.2 Å². The summed E-state index contributed by atoms with van der Waals surface area (Å²) in [6, 6.07) is 0. The van der Waals surface area contributed by atoms with Gasteiger partial charge in [-0.15, -0.1) is 0 Å². The molecule has 0 rings (SSSR count). The molecule has 0 aromatic rings. The van der Waals surface area contributed by atoms with E-state index >= 15 is 0 Å². The van der Waals surface area contributed by atoms with Crippen LogP contribution in [0, 0.1) is 0 Å². The van der Waals surface area contributed by atoms with Crippen LogP contribution in [0.4, 0.5) is 0 Å². The first-order chi connectivity index (χ1) is 0. The van der Waals surface area contributed by atoms with Gasteiger partial charge in [0.05, 0.1) is 0 Å². The van der Waals surface area contributed by atoms with E-state index in [1.165, 1.54) is 0 Å². The molecule has 0 atom stereocenters. The third kappa shape index (κ3) is 33.4. The van der Waals surface area contributed by atoms with Crippen molar-refractivity contribution in [1.29, 1.82) is 0 Å². The van der Waals surface area contributed by atoms with Gasteiger partial charge in [0.15, 0.2) is 0 Å². The van der Waals surface area contributed by atoms with E-state index in [2.05, 4.69) is 0 Å². The van der Waals surface area contributed by atoms with Crippen molar-refractivity contribution >= 4 is 0 Å². The second-order valence-corrected chi connectivity index (χ2v) is 0. The Morgan fingerprint density at radius 3 is 0.500 bits per heavy atom. The molecular weight excluding hydrogens is 263 g/mol. The molecule has 6 heavy (non-hydrogen) atoms. The van der Waals surface area contributed by atoms with Gasteiger partial charge in [0.2, 0.25) is 0 Å². The summed E-state index contributed by atoms with van der Waals surface area (Å²) < 4.78 is 0. The SMILES string of the molecule is [Cl-].[Cl-].[Cl-].[Cl-].[Fe+2].[Zn+2]. The average Bonchev–Trinajstić information content (AvgIpc) is 0.